The number of carbonyl (C=O) groups excluding carboxylic acids is 1. The van der Waals surface area contributed by atoms with Crippen LogP contribution >= 0.6 is 0 Å². The second-order valence-corrected chi connectivity index (χ2v) is 10.1. The van der Waals surface area contributed by atoms with Gasteiger partial charge >= 0.3 is 6.09 Å². The molecule has 0 spiro atoms. The van der Waals surface area contributed by atoms with E-state index < -0.39 is 6.09 Å². The molecular weight excluding hydrogens is 562 g/mol. The summed E-state index contributed by atoms with van der Waals surface area (Å²) < 4.78 is 28.4. The van der Waals surface area contributed by atoms with Gasteiger partial charge in [0.1, 0.15) is 29.7 Å². The summed E-state index contributed by atoms with van der Waals surface area (Å²) >= 11 is 0. The number of anilines is 4. The zero-order valence-corrected chi connectivity index (χ0v) is 26.1. The third kappa shape index (κ3) is 7.87. The first kappa shape index (κ1) is 31.9. The molecule has 0 saturated heterocycles. The molecule has 4 aromatic rings. The van der Waals surface area contributed by atoms with Gasteiger partial charge in [0.2, 0.25) is 5.95 Å². The Labute approximate surface area is 258 Å². The molecule has 0 unspecified atom stereocenters. The van der Waals surface area contributed by atoms with E-state index in [0.717, 1.165) is 11.1 Å². The van der Waals surface area contributed by atoms with Crippen molar-refractivity contribution in [3.8, 4) is 28.7 Å². The molecule has 0 aliphatic carbocycles. The normalized spacial score (nSPS) is 10.7. The molecule has 2 N–H and O–H groups in total. The Bertz CT molecular complexity index is 1560. The third-order valence-corrected chi connectivity index (χ3v) is 6.61. The van der Waals surface area contributed by atoms with Crippen LogP contribution < -0.4 is 39.2 Å². The minimum atomic E-state index is -0.675. The predicted molar refractivity (Wildman–Crippen MR) is 171 cm³/mol. The summed E-state index contributed by atoms with van der Waals surface area (Å²) in [7, 11) is 4.65. The van der Waals surface area contributed by atoms with Crippen molar-refractivity contribution in [3.05, 3.63) is 78.0 Å². The fourth-order valence-corrected chi connectivity index (χ4v) is 4.41. The topological polar surface area (TPSA) is 116 Å². The molecule has 0 radical (unpaired) electrons. The van der Waals surface area contributed by atoms with Gasteiger partial charge in [-0.05, 0) is 49.2 Å². The molecule has 4 rings (SSSR count). The zero-order valence-electron chi connectivity index (χ0n) is 26.1. The number of ether oxygens (including phenoxy) is 5. The van der Waals surface area contributed by atoms with Crippen LogP contribution in [0.15, 0.2) is 66.9 Å². The highest BCUT2D eigenvalue weighted by molar-refractivity contribution is 5.98. The highest BCUT2D eigenvalue weighted by Crippen LogP contribution is 2.38. The first-order valence-electron chi connectivity index (χ1n) is 14.2. The molecule has 3 aromatic carbocycles. The average Bonchev–Trinajstić information content (AvgIpc) is 3.02. The minimum Gasteiger partial charge on any atom is -0.497 e. The maximum atomic E-state index is 13.9. The van der Waals surface area contributed by atoms with E-state index in [-0.39, 0.29) is 11.8 Å². The Kier molecular flexibility index (Phi) is 10.8. The van der Waals surface area contributed by atoms with Crippen LogP contribution in [0, 0.1) is 13.8 Å². The van der Waals surface area contributed by atoms with Crippen molar-refractivity contribution in [2.45, 2.75) is 33.7 Å². The number of methoxy groups -OCH3 is 3. The Morgan fingerprint density at radius 1 is 0.886 bits per heavy atom. The quantitative estimate of drug-likeness (QED) is 0.163. The molecule has 0 saturated carbocycles. The minimum absolute atomic E-state index is 0.247. The highest BCUT2D eigenvalue weighted by Gasteiger charge is 2.27. The average molecular weight is 602 g/mol. The Morgan fingerprint density at radius 2 is 1.64 bits per heavy atom. The van der Waals surface area contributed by atoms with Gasteiger partial charge in [-0.15, -0.1) is 0 Å². The maximum absolute atomic E-state index is 13.9. The lowest BCUT2D eigenvalue weighted by Crippen LogP contribution is -2.31. The van der Waals surface area contributed by atoms with Gasteiger partial charge in [-0.1, -0.05) is 32.0 Å². The number of aromatic nitrogens is 2. The third-order valence-electron chi connectivity index (χ3n) is 6.61. The number of para-hydroxylation sites is 1. The van der Waals surface area contributed by atoms with Crippen LogP contribution in [0.5, 0.6) is 28.7 Å². The molecular formula is C33H39N5O6. The highest BCUT2D eigenvalue weighted by atomic mass is 16.6. The molecule has 11 heteroatoms. The van der Waals surface area contributed by atoms with E-state index in [0.29, 0.717) is 59.3 Å². The number of hydrogen-bond donors (Lipinski definition) is 2. The molecule has 0 fully saturated rings. The molecule has 0 aliphatic heterocycles. The van der Waals surface area contributed by atoms with E-state index in [1.165, 1.54) is 12.0 Å². The Hall–Kier alpha value is -5.03. The summed E-state index contributed by atoms with van der Waals surface area (Å²) in [6.45, 7) is 9.14. The lowest BCUT2D eigenvalue weighted by molar-refractivity contribution is 0.209. The molecule has 1 heterocycles. The lowest BCUT2D eigenvalue weighted by Gasteiger charge is -2.24. The largest absolute Gasteiger partial charge is 0.497 e. The van der Waals surface area contributed by atoms with Crippen LogP contribution in [-0.4, -0.2) is 56.6 Å². The van der Waals surface area contributed by atoms with Gasteiger partial charge in [0.15, 0.2) is 11.5 Å². The first-order valence-corrected chi connectivity index (χ1v) is 14.2. The Morgan fingerprint density at radius 3 is 2.32 bits per heavy atom. The summed E-state index contributed by atoms with van der Waals surface area (Å²) in [5, 5.41) is 6.51. The van der Waals surface area contributed by atoms with E-state index >= 15 is 0 Å². The molecule has 232 valence electrons. The second-order valence-electron chi connectivity index (χ2n) is 10.1. The van der Waals surface area contributed by atoms with Gasteiger partial charge in [0, 0.05) is 42.7 Å². The number of nitrogens with zero attached hydrogens (tertiary/aromatic N) is 3. The summed E-state index contributed by atoms with van der Waals surface area (Å²) in [4.78, 5) is 24.2. The van der Waals surface area contributed by atoms with Gasteiger partial charge in [0.25, 0.3) is 0 Å². The monoisotopic (exact) mass is 601 g/mol. The molecule has 44 heavy (non-hydrogen) atoms. The molecule has 1 amide bonds. The van der Waals surface area contributed by atoms with Gasteiger partial charge in [-0.25, -0.2) is 14.7 Å². The van der Waals surface area contributed by atoms with E-state index in [2.05, 4.69) is 34.4 Å². The van der Waals surface area contributed by atoms with Gasteiger partial charge < -0.3 is 34.3 Å². The van der Waals surface area contributed by atoms with E-state index in [4.69, 9.17) is 23.7 Å². The fraction of sp³-hybridized carbons (Fsp3) is 0.303. The van der Waals surface area contributed by atoms with Crippen LogP contribution in [0.1, 0.15) is 25.0 Å². The lowest BCUT2D eigenvalue weighted by atomic mass is 10.1. The molecule has 0 atom stereocenters. The number of benzene rings is 3. The number of nitrogens with one attached hydrogen (secondary N) is 2. The van der Waals surface area contributed by atoms with E-state index in [1.807, 2.05) is 44.2 Å². The smallest absolute Gasteiger partial charge is 0.425 e. The SMILES string of the molecule is COc1ccc(N(C(=O)Oc2c(C)cccc2C)c2ccnc(Nc3ccc(OCCNC(C)C)c(OC)c3)n2)c(OC)c1. The summed E-state index contributed by atoms with van der Waals surface area (Å²) in [6.07, 6.45) is 0.877. The number of hydrogen-bond acceptors (Lipinski definition) is 10. The summed E-state index contributed by atoms with van der Waals surface area (Å²) in [5.74, 6) is 3.10. The maximum Gasteiger partial charge on any atom is 0.425 e. The van der Waals surface area contributed by atoms with Crippen LogP contribution in [-0.2, 0) is 0 Å². The van der Waals surface area contributed by atoms with Crippen molar-refractivity contribution in [1.82, 2.24) is 15.3 Å². The number of carbonyl (C=O) groups is 1. The van der Waals surface area contributed by atoms with Crippen molar-refractivity contribution in [1.29, 1.82) is 0 Å². The molecule has 11 nitrogen and oxygen atoms in total. The summed E-state index contributed by atoms with van der Waals surface area (Å²) in [6, 6.07) is 18.2. The van der Waals surface area contributed by atoms with Crippen LogP contribution in [0.2, 0.25) is 0 Å². The van der Waals surface area contributed by atoms with Crippen LogP contribution in [0.4, 0.5) is 27.9 Å². The van der Waals surface area contributed by atoms with Crippen molar-refractivity contribution in [2.24, 2.45) is 0 Å². The van der Waals surface area contributed by atoms with Crippen molar-refractivity contribution < 1.29 is 28.5 Å². The standard InChI is InChI=1S/C33H39N5O6/c1-21(2)34-17-18-43-27-14-11-24(19-29(27)42-7)36-32-35-16-15-30(37-32)38(26-13-12-25(40-5)20-28(26)41-6)33(39)44-31-22(3)9-8-10-23(31)4/h8-16,19-21,34H,17-18H2,1-7H3,(H,35,36,37). The van der Waals surface area contributed by atoms with Crippen molar-refractivity contribution in [3.63, 3.8) is 0 Å². The predicted octanol–water partition coefficient (Wildman–Crippen LogP) is 6.58. The van der Waals surface area contributed by atoms with Crippen molar-refractivity contribution in [2.75, 3.05) is 44.7 Å². The first-order chi connectivity index (χ1) is 21.2. The van der Waals surface area contributed by atoms with E-state index in [1.54, 1.807) is 50.7 Å². The van der Waals surface area contributed by atoms with Crippen molar-refractivity contribution >= 4 is 29.2 Å². The van der Waals surface area contributed by atoms with Gasteiger partial charge in [-0.3, -0.25) is 0 Å². The van der Waals surface area contributed by atoms with E-state index in [9.17, 15) is 4.79 Å². The fourth-order valence-electron chi connectivity index (χ4n) is 4.41. The Balaban J connectivity index is 1.65. The second kappa shape index (κ2) is 14.9. The molecule has 0 aliphatic rings. The van der Waals surface area contributed by atoms with Gasteiger partial charge in [-0.2, -0.15) is 4.98 Å². The van der Waals surface area contributed by atoms with Crippen LogP contribution in [0.3, 0.4) is 0 Å². The van der Waals surface area contributed by atoms with Crippen LogP contribution in [0.25, 0.3) is 0 Å². The molecule has 1 aromatic heterocycles. The van der Waals surface area contributed by atoms with Gasteiger partial charge in [0.05, 0.1) is 27.0 Å². The summed E-state index contributed by atoms with van der Waals surface area (Å²) in [5.41, 5.74) is 2.72. The zero-order chi connectivity index (χ0) is 31.6. The molecule has 0 bridgehead atoms. The number of rotatable bonds is 13. The number of aryl methyl sites for hydroxylation is 2. The number of amides is 1.